The zero-order chi connectivity index (χ0) is 19.0. The van der Waals surface area contributed by atoms with E-state index in [0.717, 1.165) is 25.2 Å². The van der Waals surface area contributed by atoms with Crippen molar-refractivity contribution in [3.8, 4) is 0 Å². The van der Waals surface area contributed by atoms with Crippen molar-refractivity contribution < 1.29 is 14.3 Å². The molecule has 2 aliphatic rings. The number of hydrogen-bond donors (Lipinski definition) is 1. The second-order valence-electron chi connectivity index (χ2n) is 7.48. The van der Waals surface area contributed by atoms with Crippen molar-refractivity contribution in [1.29, 1.82) is 0 Å². The number of H-pyrrole nitrogens is 1. The largest absolute Gasteiger partial charge is 0.383 e. The molecule has 1 aromatic carbocycles. The van der Waals surface area contributed by atoms with E-state index in [1.807, 2.05) is 12.1 Å². The fourth-order valence-electron chi connectivity index (χ4n) is 4.40. The predicted octanol–water partition coefficient (Wildman–Crippen LogP) is 2.04. The van der Waals surface area contributed by atoms with Crippen LogP contribution in [0.3, 0.4) is 0 Å². The van der Waals surface area contributed by atoms with Gasteiger partial charge in [-0.1, -0.05) is 18.2 Å². The first kappa shape index (κ1) is 18.0. The van der Waals surface area contributed by atoms with Crippen LogP contribution in [-0.2, 0) is 16.1 Å². The SMILES string of the molecule is COCCN1C(=O)N(C)C(=O)C12CCN(Cc1cc3ccccc3[nH]1)CC2. The Morgan fingerprint density at radius 3 is 2.63 bits per heavy atom. The van der Waals surface area contributed by atoms with Gasteiger partial charge in [-0.15, -0.1) is 0 Å². The van der Waals surface area contributed by atoms with E-state index in [-0.39, 0.29) is 11.9 Å². The Bertz CT molecular complexity index is 821. The minimum atomic E-state index is -0.707. The molecule has 3 amide bonds. The smallest absolute Gasteiger partial charge is 0.327 e. The Morgan fingerprint density at radius 2 is 1.93 bits per heavy atom. The fraction of sp³-hybridized carbons (Fsp3) is 0.500. The predicted molar refractivity (Wildman–Crippen MR) is 102 cm³/mol. The number of methoxy groups -OCH3 is 1. The lowest BCUT2D eigenvalue weighted by molar-refractivity contribution is -0.135. The average Bonchev–Trinajstić information content (AvgIpc) is 3.16. The Morgan fingerprint density at radius 1 is 1.19 bits per heavy atom. The van der Waals surface area contributed by atoms with Gasteiger partial charge in [0.2, 0.25) is 0 Å². The van der Waals surface area contributed by atoms with Crippen molar-refractivity contribution in [1.82, 2.24) is 19.7 Å². The van der Waals surface area contributed by atoms with Gasteiger partial charge < -0.3 is 14.6 Å². The molecule has 2 saturated heterocycles. The molecule has 7 nitrogen and oxygen atoms in total. The second-order valence-corrected chi connectivity index (χ2v) is 7.48. The molecule has 0 bridgehead atoms. The molecule has 1 aromatic heterocycles. The van der Waals surface area contributed by atoms with Crippen LogP contribution in [0, 0.1) is 0 Å². The Hall–Kier alpha value is -2.38. The monoisotopic (exact) mass is 370 g/mol. The van der Waals surface area contributed by atoms with Gasteiger partial charge >= 0.3 is 6.03 Å². The van der Waals surface area contributed by atoms with Gasteiger partial charge in [0.15, 0.2) is 0 Å². The maximum atomic E-state index is 12.8. The number of piperidine rings is 1. The van der Waals surface area contributed by atoms with E-state index in [1.54, 1.807) is 19.1 Å². The quantitative estimate of drug-likeness (QED) is 0.818. The third-order valence-corrected chi connectivity index (χ3v) is 5.92. The van der Waals surface area contributed by atoms with Crippen LogP contribution in [0.5, 0.6) is 0 Å². The molecule has 0 atom stereocenters. The lowest BCUT2D eigenvalue weighted by Gasteiger charge is -2.42. The molecule has 3 heterocycles. The second kappa shape index (κ2) is 6.98. The first-order chi connectivity index (χ1) is 13.0. The van der Waals surface area contributed by atoms with Crippen LogP contribution in [-0.4, -0.2) is 77.6 Å². The third kappa shape index (κ3) is 3.00. The van der Waals surface area contributed by atoms with E-state index in [1.165, 1.54) is 16.0 Å². The standard InChI is InChI=1S/C20H26N4O3/c1-22-18(25)20(24(19(22)26)11-12-27-2)7-9-23(10-8-20)14-16-13-15-5-3-4-6-17(15)21-16/h3-6,13,21H,7-12,14H2,1-2H3. The summed E-state index contributed by atoms with van der Waals surface area (Å²) in [5.74, 6) is -0.0751. The molecule has 0 saturated carbocycles. The lowest BCUT2D eigenvalue weighted by Crippen LogP contribution is -2.57. The third-order valence-electron chi connectivity index (χ3n) is 5.92. The number of fused-ring (bicyclic) bond motifs is 1. The first-order valence-electron chi connectivity index (χ1n) is 9.43. The van der Waals surface area contributed by atoms with E-state index < -0.39 is 5.54 Å². The number of para-hydroxylation sites is 1. The number of nitrogens with zero attached hydrogens (tertiary/aromatic N) is 3. The number of imide groups is 1. The molecule has 1 spiro atoms. The van der Waals surface area contributed by atoms with Crippen LogP contribution in [0.1, 0.15) is 18.5 Å². The summed E-state index contributed by atoms with van der Waals surface area (Å²) in [4.78, 5) is 34.2. The van der Waals surface area contributed by atoms with Crippen LogP contribution >= 0.6 is 0 Å². The summed E-state index contributed by atoms with van der Waals surface area (Å²) in [6, 6.07) is 10.2. The summed E-state index contributed by atoms with van der Waals surface area (Å²) in [6.45, 7) is 3.28. The summed E-state index contributed by atoms with van der Waals surface area (Å²) in [6.07, 6.45) is 1.32. The van der Waals surface area contributed by atoms with Crippen LogP contribution < -0.4 is 0 Å². The number of likely N-dealkylation sites (N-methyl/N-ethyl adjacent to an activating group) is 1. The summed E-state index contributed by atoms with van der Waals surface area (Å²) < 4.78 is 5.15. The van der Waals surface area contributed by atoms with Crippen molar-refractivity contribution in [2.75, 3.05) is 40.4 Å². The first-order valence-corrected chi connectivity index (χ1v) is 9.43. The topological polar surface area (TPSA) is 68.9 Å². The zero-order valence-corrected chi connectivity index (χ0v) is 15.9. The van der Waals surface area contributed by atoms with Gasteiger partial charge in [-0.25, -0.2) is 4.79 Å². The minimum absolute atomic E-state index is 0.0751. The Balaban J connectivity index is 1.46. The molecule has 0 unspecified atom stereocenters. The highest BCUT2D eigenvalue weighted by Crippen LogP contribution is 2.36. The van der Waals surface area contributed by atoms with Crippen LogP contribution in [0.25, 0.3) is 10.9 Å². The summed E-state index contributed by atoms with van der Waals surface area (Å²) in [7, 11) is 3.19. The number of ether oxygens (including phenoxy) is 1. The van der Waals surface area contributed by atoms with E-state index in [0.29, 0.717) is 26.0 Å². The van der Waals surface area contributed by atoms with Crippen LogP contribution in [0.4, 0.5) is 4.79 Å². The molecule has 27 heavy (non-hydrogen) atoms. The van der Waals surface area contributed by atoms with Gasteiger partial charge in [0.1, 0.15) is 5.54 Å². The molecule has 4 rings (SSSR count). The number of likely N-dealkylation sites (tertiary alicyclic amines) is 1. The summed E-state index contributed by atoms with van der Waals surface area (Å²) >= 11 is 0. The number of amides is 3. The van der Waals surface area contributed by atoms with Gasteiger partial charge in [0.25, 0.3) is 5.91 Å². The van der Waals surface area contributed by atoms with Crippen molar-refractivity contribution in [2.45, 2.75) is 24.9 Å². The highest BCUT2D eigenvalue weighted by molar-refractivity contribution is 6.06. The fourth-order valence-corrected chi connectivity index (χ4v) is 4.40. The number of carbonyl (C=O) groups is 2. The van der Waals surface area contributed by atoms with Crippen LogP contribution in [0.2, 0.25) is 0 Å². The summed E-state index contributed by atoms with van der Waals surface area (Å²) in [5.41, 5.74) is 1.61. The molecule has 1 N–H and O–H groups in total. The molecule has 2 aliphatic heterocycles. The average molecular weight is 370 g/mol. The molecule has 0 radical (unpaired) electrons. The number of benzene rings is 1. The zero-order valence-electron chi connectivity index (χ0n) is 15.9. The molecule has 2 fully saturated rings. The number of rotatable bonds is 5. The number of hydrogen-bond acceptors (Lipinski definition) is 4. The number of aromatic nitrogens is 1. The normalized spacial score (nSPS) is 20.4. The van der Waals surface area contributed by atoms with Gasteiger partial charge in [0, 0.05) is 51.5 Å². The molecule has 144 valence electrons. The number of carbonyl (C=O) groups excluding carboxylic acids is 2. The Kier molecular flexibility index (Phi) is 4.65. The highest BCUT2D eigenvalue weighted by Gasteiger charge is 2.56. The van der Waals surface area contributed by atoms with E-state index >= 15 is 0 Å². The van der Waals surface area contributed by atoms with Crippen molar-refractivity contribution >= 4 is 22.8 Å². The van der Waals surface area contributed by atoms with E-state index in [4.69, 9.17) is 4.74 Å². The highest BCUT2D eigenvalue weighted by atomic mass is 16.5. The number of aromatic amines is 1. The number of nitrogens with one attached hydrogen (secondary N) is 1. The van der Waals surface area contributed by atoms with Gasteiger partial charge in [0.05, 0.1) is 6.61 Å². The van der Waals surface area contributed by atoms with Gasteiger partial charge in [-0.2, -0.15) is 0 Å². The maximum absolute atomic E-state index is 12.8. The van der Waals surface area contributed by atoms with Crippen molar-refractivity contribution in [3.63, 3.8) is 0 Å². The molecule has 2 aromatic rings. The van der Waals surface area contributed by atoms with Gasteiger partial charge in [-0.05, 0) is 30.4 Å². The van der Waals surface area contributed by atoms with Crippen LogP contribution in [0.15, 0.2) is 30.3 Å². The van der Waals surface area contributed by atoms with Gasteiger partial charge in [-0.3, -0.25) is 14.6 Å². The molecular formula is C20H26N4O3. The molecule has 0 aliphatic carbocycles. The summed E-state index contributed by atoms with van der Waals surface area (Å²) in [5, 5.41) is 1.21. The van der Waals surface area contributed by atoms with Crippen molar-refractivity contribution in [3.05, 3.63) is 36.0 Å². The van der Waals surface area contributed by atoms with E-state index in [9.17, 15) is 9.59 Å². The minimum Gasteiger partial charge on any atom is -0.383 e. The molecule has 7 heteroatoms. The molecular weight excluding hydrogens is 344 g/mol. The maximum Gasteiger partial charge on any atom is 0.327 e. The number of urea groups is 1. The van der Waals surface area contributed by atoms with Crippen molar-refractivity contribution in [2.24, 2.45) is 0 Å². The Labute approximate surface area is 158 Å². The van der Waals surface area contributed by atoms with E-state index in [2.05, 4.69) is 28.1 Å². The lowest BCUT2D eigenvalue weighted by atomic mass is 9.85.